The van der Waals surface area contributed by atoms with Gasteiger partial charge in [0.05, 0.1) is 23.6 Å². The molecule has 1 aliphatic heterocycles. The van der Waals surface area contributed by atoms with Crippen LogP contribution in [0.1, 0.15) is 36.4 Å². The van der Waals surface area contributed by atoms with E-state index in [1.807, 2.05) is 30.3 Å². The molecule has 8 heteroatoms. The minimum Gasteiger partial charge on any atom is -0.485 e. The zero-order chi connectivity index (χ0) is 19.6. The zero-order valence-electron chi connectivity index (χ0n) is 15.7. The number of halogens is 1. The molecule has 1 aliphatic rings. The Balaban J connectivity index is 1.26. The summed E-state index contributed by atoms with van der Waals surface area (Å²) < 4.78 is 24.5. The number of aromatic amines is 1. The molecule has 1 N–H and O–H groups in total. The average Bonchev–Trinajstić information content (AvgIpc) is 3.46. The predicted octanol–water partition coefficient (Wildman–Crippen LogP) is 4.00. The van der Waals surface area contributed by atoms with E-state index in [0.717, 1.165) is 36.5 Å². The molecule has 148 valence electrons. The third kappa shape index (κ3) is 3.84. The van der Waals surface area contributed by atoms with Crippen molar-refractivity contribution in [3.63, 3.8) is 0 Å². The van der Waals surface area contributed by atoms with E-state index < -0.39 is 0 Å². The molecule has 29 heavy (non-hydrogen) atoms. The molecule has 7 nitrogen and oxygen atoms in total. The van der Waals surface area contributed by atoms with Crippen molar-refractivity contribution in [3.8, 4) is 5.75 Å². The largest absolute Gasteiger partial charge is 0.485 e. The second kappa shape index (κ2) is 7.63. The van der Waals surface area contributed by atoms with Crippen LogP contribution in [0, 0.1) is 5.82 Å². The van der Waals surface area contributed by atoms with Gasteiger partial charge in [-0.05, 0) is 49.7 Å². The van der Waals surface area contributed by atoms with E-state index >= 15 is 0 Å². The number of H-pyrrole nitrogens is 1. The highest BCUT2D eigenvalue weighted by atomic mass is 19.1. The van der Waals surface area contributed by atoms with Gasteiger partial charge in [-0.1, -0.05) is 23.4 Å². The number of likely N-dealkylation sites (tertiary alicyclic amines) is 1. The number of benzene rings is 2. The molecule has 2 aromatic carbocycles. The summed E-state index contributed by atoms with van der Waals surface area (Å²) in [6, 6.07) is 14.2. The van der Waals surface area contributed by atoms with Crippen LogP contribution in [0.25, 0.3) is 11.0 Å². The molecular weight excluding hydrogens is 373 g/mol. The maximum Gasteiger partial charge on any atom is 0.240 e. The third-order valence-corrected chi connectivity index (χ3v) is 5.10. The van der Waals surface area contributed by atoms with Gasteiger partial charge in [-0.15, -0.1) is 0 Å². The second-order valence-corrected chi connectivity index (χ2v) is 7.12. The number of hydrogen-bond acceptors (Lipinski definition) is 6. The lowest BCUT2D eigenvalue weighted by atomic mass is 10.2. The first kappa shape index (κ1) is 17.8. The molecule has 1 saturated heterocycles. The molecule has 0 saturated carbocycles. The summed E-state index contributed by atoms with van der Waals surface area (Å²) in [5.74, 6) is 2.40. The Bertz CT molecular complexity index is 1110. The summed E-state index contributed by atoms with van der Waals surface area (Å²) in [5, 5.41) is 4.01. The van der Waals surface area contributed by atoms with Gasteiger partial charge in [-0.25, -0.2) is 9.37 Å². The summed E-state index contributed by atoms with van der Waals surface area (Å²) >= 11 is 0. The first-order chi connectivity index (χ1) is 14.2. The van der Waals surface area contributed by atoms with Gasteiger partial charge in [0.2, 0.25) is 11.7 Å². The third-order valence-electron chi connectivity index (χ3n) is 5.10. The maximum atomic E-state index is 13.5. The van der Waals surface area contributed by atoms with Crippen molar-refractivity contribution in [2.45, 2.75) is 32.0 Å². The highest BCUT2D eigenvalue weighted by Gasteiger charge is 2.30. The van der Waals surface area contributed by atoms with Crippen LogP contribution in [0.2, 0.25) is 0 Å². The molecule has 2 aromatic heterocycles. The molecule has 0 aliphatic carbocycles. The molecule has 5 rings (SSSR count). The van der Waals surface area contributed by atoms with E-state index in [1.165, 1.54) is 12.1 Å². The van der Waals surface area contributed by atoms with Crippen molar-refractivity contribution in [3.05, 3.63) is 71.9 Å². The number of ether oxygens (including phenoxy) is 1. The van der Waals surface area contributed by atoms with E-state index in [2.05, 4.69) is 25.0 Å². The number of para-hydroxylation sites is 1. The van der Waals surface area contributed by atoms with Crippen molar-refractivity contribution >= 4 is 11.0 Å². The quantitative estimate of drug-likeness (QED) is 0.533. The highest BCUT2D eigenvalue weighted by Crippen LogP contribution is 2.32. The molecule has 1 unspecified atom stereocenters. The monoisotopic (exact) mass is 393 g/mol. The fraction of sp³-hybridized carbons (Fsp3) is 0.286. The van der Waals surface area contributed by atoms with Gasteiger partial charge in [0.15, 0.2) is 6.61 Å². The normalized spacial score (nSPS) is 17.2. The molecule has 1 fully saturated rings. The molecule has 1 atom stereocenters. The number of imidazole rings is 1. The van der Waals surface area contributed by atoms with Crippen molar-refractivity contribution in [1.29, 1.82) is 0 Å². The summed E-state index contributed by atoms with van der Waals surface area (Å²) in [6.45, 7) is 1.70. The minimum absolute atomic E-state index is 0.112. The number of hydrogen-bond donors (Lipinski definition) is 1. The Kier molecular flexibility index (Phi) is 4.69. The van der Waals surface area contributed by atoms with Gasteiger partial charge in [-0.3, -0.25) is 4.90 Å². The molecule has 3 heterocycles. The number of nitrogens with zero attached hydrogens (tertiary/aromatic N) is 4. The van der Waals surface area contributed by atoms with Gasteiger partial charge in [-0.2, -0.15) is 4.98 Å². The molecule has 0 amide bonds. The van der Waals surface area contributed by atoms with Gasteiger partial charge < -0.3 is 14.2 Å². The van der Waals surface area contributed by atoms with Gasteiger partial charge in [0.1, 0.15) is 17.4 Å². The first-order valence-corrected chi connectivity index (χ1v) is 9.63. The minimum atomic E-state index is -0.271. The van der Waals surface area contributed by atoms with E-state index in [9.17, 15) is 4.39 Å². The van der Waals surface area contributed by atoms with Gasteiger partial charge >= 0.3 is 0 Å². The van der Waals surface area contributed by atoms with Crippen molar-refractivity contribution in [1.82, 2.24) is 25.0 Å². The maximum absolute atomic E-state index is 13.5. The molecule has 0 bridgehead atoms. The van der Waals surface area contributed by atoms with Crippen molar-refractivity contribution in [2.75, 3.05) is 6.54 Å². The lowest BCUT2D eigenvalue weighted by Crippen LogP contribution is -2.23. The number of nitrogens with one attached hydrogen (secondary N) is 1. The van der Waals surface area contributed by atoms with E-state index in [4.69, 9.17) is 9.26 Å². The highest BCUT2D eigenvalue weighted by molar-refractivity contribution is 5.75. The summed E-state index contributed by atoms with van der Waals surface area (Å²) in [4.78, 5) is 14.6. The lowest BCUT2D eigenvalue weighted by Gasteiger charge is -2.20. The van der Waals surface area contributed by atoms with Gasteiger partial charge in [0.25, 0.3) is 0 Å². The summed E-state index contributed by atoms with van der Waals surface area (Å²) in [5.41, 5.74) is 1.48. The van der Waals surface area contributed by atoms with Crippen molar-refractivity contribution < 1.29 is 13.7 Å². The van der Waals surface area contributed by atoms with E-state index in [1.54, 1.807) is 6.07 Å². The SMILES string of the molecule is Fc1ccc2nc(C3CCCN3Cc3nc(COc4ccccc4)no3)[nH]c2c1. The topological polar surface area (TPSA) is 80.1 Å². The number of rotatable bonds is 6. The fourth-order valence-electron chi connectivity index (χ4n) is 3.74. The Labute approximate surface area is 166 Å². The van der Waals surface area contributed by atoms with Crippen LogP contribution in [0.3, 0.4) is 0 Å². The molecular formula is C21H20FN5O2. The van der Waals surface area contributed by atoms with Crippen LogP contribution in [-0.2, 0) is 13.2 Å². The standard InChI is InChI=1S/C21H20FN5O2/c22-14-8-9-16-17(11-14)24-21(23-16)18-7-4-10-27(18)12-20-25-19(26-29-20)13-28-15-5-2-1-3-6-15/h1-3,5-6,8-9,11,18H,4,7,10,12-13H2,(H,23,24). The van der Waals surface area contributed by atoms with Gasteiger partial charge in [0, 0.05) is 0 Å². The van der Waals surface area contributed by atoms with E-state index in [0.29, 0.717) is 23.8 Å². The van der Waals surface area contributed by atoms with Crippen LogP contribution in [0.5, 0.6) is 5.75 Å². The molecule has 4 aromatic rings. The number of fused-ring (bicyclic) bond motifs is 1. The molecule has 0 spiro atoms. The Morgan fingerprint density at radius 2 is 2.07 bits per heavy atom. The van der Waals surface area contributed by atoms with Crippen molar-refractivity contribution in [2.24, 2.45) is 0 Å². The Hall–Kier alpha value is -3.26. The second-order valence-electron chi connectivity index (χ2n) is 7.12. The van der Waals surface area contributed by atoms with Crippen LogP contribution in [0.4, 0.5) is 4.39 Å². The Morgan fingerprint density at radius 1 is 1.17 bits per heavy atom. The zero-order valence-corrected chi connectivity index (χ0v) is 15.7. The van der Waals surface area contributed by atoms with Crippen LogP contribution >= 0.6 is 0 Å². The average molecular weight is 393 g/mol. The van der Waals surface area contributed by atoms with E-state index in [-0.39, 0.29) is 18.5 Å². The lowest BCUT2D eigenvalue weighted by molar-refractivity contribution is 0.206. The predicted molar refractivity (Wildman–Crippen MR) is 104 cm³/mol. The summed E-state index contributed by atoms with van der Waals surface area (Å²) in [6.07, 6.45) is 2.02. The molecule has 0 radical (unpaired) electrons. The van der Waals surface area contributed by atoms with Crippen LogP contribution < -0.4 is 4.74 Å². The fourth-order valence-corrected chi connectivity index (χ4v) is 3.74. The summed E-state index contributed by atoms with van der Waals surface area (Å²) in [7, 11) is 0. The smallest absolute Gasteiger partial charge is 0.240 e. The van der Waals surface area contributed by atoms with Crippen LogP contribution in [-0.4, -0.2) is 31.6 Å². The Morgan fingerprint density at radius 3 is 2.97 bits per heavy atom. The number of aromatic nitrogens is 4. The first-order valence-electron chi connectivity index (χ1n) is 9.63. The van der Waals surface area contributed by atoms with Crippen LogP contribution in [0.15, 0.2) is 53.1 Å².